The third-order valence-electron chi connectivity index (χ3n) is 2.63. The second-order valence-corrected chi connectivity index (χ2v) is 4.25. The summed E-state index contributed by atoms with van der Waals surface area (Å²) in [6, 6.07) is 0. The lowest BCUT2D eigenvalue weighted by Crippen LogP contribution is -2.19. The topological polar surface area (TPSA) is 39.1 Å². The van der Waals surface area contributed by atoms with Crippen LogP contribution in [0, 0.1) is 6.92 Å². The van der Waals surface area contributed by atoms with Crippen molar-refractivity contribution in [2.24, 2.45) is 0 Å². The molecule has 7 heteroatoms. The summed E-state index contributed by atoms with van der Waals surface area (Å²) < 4.78 is 42.2. The van der Waals surface area contributed by atoms with Gasteiger partial charge >= 0.3 is 6.18 Å². The van der Waals surface area contributed by atoms with E-state index in [2.05, 4.69) is 15.0 Å². The zero-order valence-corrected chi connectivity index (χ0v) is 11.3. The monoisotopic (exact) mass is 279 g/mol. The van der Waals surface area contributed by atoms with E-state index in [1.807, 2.05) is 18.4 Å². The molecule has 0 spiro atoms. The van der Waals surface area contributed by atoms with Crippen LogP contribution >= 0.6 is 0 Å². The first-order valence-corrected chi connectivity index (χ1v) is 6.30. The van der Waals surface area contributed by atoms with Crippen molar-refractivity contribution in [2.45, 2.75) is 39.5 Å². The van der Waals surface area contributed by atoms with Crippen molar-refractivity contribution < 1.29 is 17.9 Å². The highest BCUT2D eigenvalue weighted by molar-refractivity contribution is 5.04. The van der Waals surface area contributed by atoms with Gasteiger partial charge in [0, 0.05) is 25.9 Å². The summed E-state index contributed by atoms with van der Waals surface area (Å²) in [5, 5.41) is 3.20. The van der Waals surface area contributed by atoms with E-state index in [0.717, 1.165) is 18.1 Å². The van der Waals surface area contributed by atoms with Gasteiger partial charge in [-0.1, -0.05) is 6.92 Å². The largest absolute Gasteiger partial charge is 0.411 e. The number of aryl methyl sites for hydroxylation is 1. The summed E-state index contributed by atoms with van der Waals surface area (Å²) in [6.45, 7) is 4.99. The van der Waals surface area contributed by atoms with Gasteiger partial charge in [-0.05, 0) is 19.9 Å². The molecular formula is C12H20F3N3O. The molecule has 0 bridgehead atoms. The quantitative estimate of drug-likeness (QED) is 0.742. The van der Waals surface area contributed by atoms with Gasteiger partial charge in [-0.2, -0.15) is 13.2 Å². The fourth-order valence-corrected chi connectivity index (χ4v) is 1.73. The van der Waals surface area contributed by atoms with Crippen molar-refractivity contribution in [1.82, 2.24) is 14.9 Å². The van der Waals surface area contributed by atoms with Crippen LogP contribution in [0.1, 0.15) is 24.9 Å². The predicted molar refractivity (Wildman–Crippen MR) is 65.8 cm³/mol. The molecule has 4 nitrogen and oxygen atoms in total. The van der Waals surface area contributed by atoms with Gasteiger partial charge in [0.2, 0.25) is 0 Å². The zero-order chi connectivity index (χ0) is 14.3. The Bertz CT molecular complexity index is 377. The lowest BCUT2D eigenvalue weighted by molar-refractivity contribution is -0.174. The number of hydrogen-bond acceptors (Lipinski definition) is 3. The molecule has 0 saturated carbocycles. The minimum Gasteiger partial charge on any atom is -0.372 e. The van der Waals surface area contributed by atoms with E-state index >= 15 is 0 Å². The Labute approximate surface area is 111 Å². The molecule has 1 aromatic heterocycles. The standard InChI is InChI=1S/C12H20F3N3O/c1-3-16-7-11-8-17-10(2)18(11)5-4-6-19-9-12(13,14)15/h8,16H,3-7,9H2,1-2H3. The van der Waals surface area contributed by atoms with Gasteiger partial charge in [-0.15, -0.1) is 0 Å². The Morgan fingerprint density at radius 3 is 2.79 bits per heavy atom. The summed E-state index contributed by atoms with van der Waals surface area (Å²) in [7, 11) is 0. The number of alkyl halides is 3. The molecule has 0 saturated heterocycles. The third-order valence-corrected chi connectivity index (χ3v) is 2.63. The van der Waals surface area contributed by atoms with Gasteiger partial charge in [0.25, 0.3) is 0 Å². The van der Waals surface area contributed by atoms with E-state index in [0.29, 0.717) is 19.5 Å². The van der Waals surface area contributed by atoms with Crippen LogP contribution in [0.3, 0.4) is 0 Å². The first kappa shape index (κ1) is 16.0. The van der Waals surface area contributed by atoms with Crippen molar-refractivity contribution in [3.63, 3.8) is 0 Å². The van der Waals surface area contributed by atoms with Crippen LogP contribution in [0.15, 0.2) is 6.20 Å². The molecule has 110 valence electrons. The van der Waals surface area contributed by atoms with Crippen LogP contribution in [-0.2, 0) is 17.8 Å². The highest BCUT2D eigenvalue weighted by atomic mass is 19.4. The van der Waals surface area contributed by atoms with Crippen LogP contribution in [0.4, 0.5) is 13.2 Å². The maximum atomic E-state index is 11.9. The minimum absolute atomic E-state index is 0.0950. The Morgan fingerprint density at radius 1 is 1.42 bits per heavy atom. The maximum absolute atomic E-state index is 11.9. The molecule has 1 heterocycles. The normalized spacial score (nSPS) is 12.1. The lowest BCUT2D eigenvalue weighted by Gasteiger charge is -2.11. The van der Waals surface area contributed by atoms with E-state index < -0.39 is 12.8 Å². The molecule has 0 aliphatic carbocycles. The first-order chi connectivity index (χ1) is 8.94. The number of halogens is 3. The van der Waals surface area contributed by atoms with E-state index in [4.69, 9.17) is 0 Å². The molecule has 0 aromatic carbocycles. The number of imidazole rings is 1. The summed E-state index contributed by atoms with van der Waals surface area (Å²) in [5.74, 6) is 0.865. The molecule has 0 atom stereocenters. The van der Waals surface area contributed by atoms with Crippen LogP contribution in [0.5, 0.6) is 0 Å². The fraction of sp³-hybridized carbons (Fsp3) is 0.750. The molecule has 1 aromatic rings. The second kappa shape index (κ2) is 7.49. The van der Waals surface area contributed by atoms with Gasteiger partial charge in [0.15, 0.2) is 0 Å². The highest BCUT2D eigenvalue weighted by Gasteiger charge is 2.27. The van der Waals surface area contributed by atoms with E-state index in [9.17, 15) is 13.2 Å². The predicted octanol–water partition coefficient (Wildman–Crippen LogP) is 2.27. The smallest absolute Gasteiger partial charge is 0.372 e. The van der Waals surface area contributed by atoms with Crippen LogP contribution in [0.25, 0.3) is 0 Å². The van der Waals surface area contributed by atoms with Gasteiger partial charge in [-0.3, -0.25) is 0 Å². The van der Waals surface area contributed by atoms with Crippen LogP contribution in [-0.4, -0.2) is 35.5 Å². The molecule has 0 amide bonds. The van der Waals surface area contributed by atoms with Crippen molar-refractivity contribution in [3.05, 3.63) is 17.7 Å². The average Bonchev–Trinajstić information content (AvgIpc) is 2.66. The number of rotatable bonds is 8. The van der Waals surface area contributed by atoms with Crippen molar-refractivity contribution >= 4 is 0 Å². The zero-order valence-electron chi connectivity index (χ0n) is 11.3. The summed E-state index contributed by atoms with van der Waals surface area (Å²) in [4.78, 5) is 4.21. The number of nitrogens with zero attached hydrogens (tertiary/aromatic N) is 2. The number of aromatic nitrogens is 2. The van der Waals surface area contributed by atoms with Crippen molar-refractivity contribution in [3.8, 4) is 0 Å². The molecule has 0 fully saturated rings. The minimum atomic E-state index is -4.25. The Kier molecular flexibility index (Phi) is 6.30. The van der Waals surface area contributed by atoms with Gasteiger partial charge < -0.3 is 14.6 Å². The van der Waals surface area contributed by atoms with Crippen molar-refractivity contribution in [1.29, 1.82) is 0 Å². The molecule has 1 rings (SSSR count). The van der Waals surface area contributed by atoms with E-state index in [-0.39, 0.29) is 6.61 Å². The average molecular weight is 279 g/mol. The molecule has 0 aliphatic heterocycles. The van der Waals surface area contributed by atoms with Crippen molar-refractivity contribution in [2.75, 3.05) is 19.8 Å². The van der Waals surface area contributed by atoms with Gasteiger partial charge in [0.05, 0.1) is 5.69 Å². The lowest BCUT2D eigenvalue weighted by atomic mass is 10.4. The summed E-state index contributed by atoms with van der Waals surface area (Å²) in [5.41, 5.74) is 1.04. The number of nitrogens with one attached hydrogen (secondary N) is 1. The molecule has 0 radical (unpaired) electrons. The van der Waals surface area contributed by atoms with Gasteiger partial charge in [-0.25, -0.2) is 4.98 Å². The van der Waals surface area contributed by atoms with E-state index in [1.54, 1.807) is 6.20 Å². The molecular weight excluding hydrogens is 259 g/mol. The molecule has 0 unspecified atom stereocenters. The first-order valence-electron chi connectivity index (χ1n) is 6.30. The molecule has 0 aliphatic rings. The molecule has 1 N–H and O–H groups in total. The highest BCUT2D eigenvalue weighted by Crippen LogP contribution is 2.14. The van der Waals surface area contributed by atoms with Crippen LogP contribution in [0.2, 0.25) is 0 Å². The second-order valence-electron chi connectivity index (χ2n) is 4.25. The Hall–Kier alpha value is -1.08. The maximum Gasteiger partial charge on any atom is 0.411 e. The Balaban J connectivity index is 2.34. The SMILES string of the molecule is CCNCc1cnc(C)n1CCCOCC(F)(F)F. The fourth-order valence-electron chi connectivity index (χ4n) is 1.73. The number of ether oxygens (including phenoxy) is 1. The summed E-state index contributed by atoms with van der Waals surface area (Å²) in [6.07, 6.45) is -1.93. The van der Waals surface area contributed by atoms with E-state index in [1.165, 1.54) is 0 Å². The number of hydrogen-bond donors (Lipinski definition) is 1. The molecule has 19 heavy (non-hydrogen) atoms. The van der Waals surface area contributed by atoms with Crippen LogP contribution < -0.4 is 5.32 Å². The Morgan fingerprint density at radius 2 is 2.16 bits per heavy atom. The van der Waals surface area contributed by atoms with Gasteiger partial charge in [0.1, 0.15) is 12.4 Å². The third kappa shape index (κ3) is 6.07. The summed E-state index contributed by atoms with van der Waals surface area (Å²) >= 11 is 0.